The molecule has 0 aromatic rings. The first kappa shape index (κ1) is 8.91. The Kier molecular flexibility index (Phi) is 2.82. The highest BCUT2D eigenvalue weighted by molar-refractivity contribution is 7.81. The van der Waals surface area contributed by atoms with Crippen molar-refractivity contribution >= 4 is 18.5 Å². The van der Waals surface area contributed by atoms with Gasteiger partial charge in [-0.15, -0.1) is 0 Å². The molecular formula is C8H15NOS. The second kappa shape index (κ2) is 3.48. The van der Waals surface area contributed by atoms with E-state index in [1.54, 1.807) is 0 Å². The highest BCUT2D eigenvalue weighted by Gasteiger charge is 2.42. The van der Waals surface area contributed by atoms with Crippen molar-refractivity contribution in [2.75, 3.05) is 5.75 Å². The minimum Gasteiger partial charge on any atom is -0.350 e. The molecule has 0 aliphatic heterocycles. The largest absolute Gasteiger partial charge is 0.350 e. The van der Waals surface area contributed by atoms with Gasteiger partial charge in [-0.3, -0.25) is 4.79 Å². The zero-order chi connectivity index (χ0) is 8.32. The van der Waals surface area contributed by atoms with E-state index in [1.807, 2.05) is 0 Å². The van der Waals surface area contributed by atoms with E-state index in [0.29, 0.717) is 5.75 Å². The van der Waals surface area contributed by atoms with Crippen LogP contribution in [0.2, 0.25) is 0 Å². The summed E-state index contributed by atoms with van der Waals surface area (Å²) in [6.45, 7) is 2.15. The number of nitrogens with one attached hydrogen (secondary N) is 1. The first-order valence-corrected chi connectivity index (χ1v) is 4.77. The van der Waals surface area contributed by atoms with Gasteiger partial charge in [0.15, 0.2) is 0 Å². The molecular weight excluding hydrogens is 158 g/mol. The molecule has 0 spiro atoms. The highest BCUT2D eigenvalue weighted by Crippen LogP contribution is 2.39. The van der Waals surface area contributed by atoms with Gasteiger partial charge in [0, 0.05) is 5.54 Å². The van der Waals surface area contributed by atoms with Crippen LogP contribution in [0.3, 0.4) is 0 Å². The zero-order valence-corrected chi connectivity index (χ0v) is 7.79. The highest BCUT2D eigenvalue weighted by atomic mass is 32.1. The summed E-state index contributed by atoms with van der Waals surface area (Å²) in [5.41, 5.74) is 0.175. The van der Waals surface area contributed by atoms with Gasteiger partial charge in [0.1, 0.15) is 0 Å². The zero-order valence-electron chi connectivity index (χ0n) is 6.89. The van der Waals surface area contributed by atoms with Crippen molar-refractivity contribution in [3.63, 3.8) is 0 Å². The van der Waals surface area contributed by atoms with Crippen LogP contribution in [-0.4, -0.2) is 17.2 Å². The Bertz CT molecular complexity index is 154. The number of thiol groups is 1. The summed E-state index contributed by atoms with van der Waals surface area (Å²) in [5, 5.41) is 3.00. The van der Waals surface area contributed by atoms with Crippen LogP contribution >= 0.6 is 12.6 Å². The van der Waals surface area contributed by atoms with Crippen molar-refractivity contribution in [1.29, 1.82) is 0 Å². The summed E-state index contributed by atoms with van der Waals surface area (Å²) in [7, 11) is 0. The number of rotatable bonds is 4. The second-order valence-corrected chi connectivity index (χ2v) is 3.55. The lowest BCUT2D eigenvalue weighted by Crippen LogP contribution is -2.37. The summed E-state index contributed by atoms with van der Waals surface area (Å²) >= 11 is 3.91. The molecule has 1 aliphatic carbocycles. The van der Waals surface area contributed by atoms with E-state index in [0.717, 1.165) is 25.7 Å². The Hall–Kier alpha value is -0.180. The van der Waals surface area contributed by atoms with Gasteiger partial charge in [0.2, 0.25) is 5.91 Å². The molecule has 0 unspecified atom stereocenters. The van der Waals surface area contributed by atoms with Crippen LogP contribution in [0.25, 0.3) is 0 Å². The number of hydrogen-bond donors (Lipinski definition) is 2. The van der Waals surface area contributed by atoms with Crippen LogP contribution in [-0.2, 0) is 4.79 Å². The average molecular weight is 173 g/mol. The quantitative estimate of drug-likeness (QED) is 0.618. The lowest BCUT2D eigenvalue weighted by atomic mass is 10.1. The molecule has 11 heavy (non-hydrogen) atoms. The monoisotopic (exact) mass is 173 g/mol. The molecule has 1 aliphatic rings. The maximum atomic E-state index is 11.0. The fourth-order valence-electron chi connectivity index (χ4n) is 1.40. The maximum Gasteiger partial charge on any atom is 0.230 e. The van der Waals surface area contributed by atoms with Crippen molar-refractivity contribution in [3.8, 4) is 0 Å². The summed E-state index contributed by atoms with van der Waals surface area (Å²) in [4.78, 5) is 11.0. The van der Waals surface area contributed by atoms with Crippen LogP contribution in [0.5, 0.6) is 0 Å². The second-order valence-electron chi connectivity index (χ2n) is 3.24. The van der Waals surface area contributed by atoms with Crippen molar-refractivity contribution in [2.24, 2.45) is 0 Å². The number of amides is 1. The van der Waals surface area contributed by atoms with Gasteiger partial charge in [-0.25, -0.2) is 0 Å². The number of carbonyl (C=O) groups is 1. The van der Waals surface area contributed by atoms with E-state index >= 15 is 0 Å². The fourth-order valence-corrected chi connectivity index (χ4v) is 1.48. The van der Waals surface area contributed by atoms with Crippen LogP contribution in [0.15, 0.2) is 0 Å². The Labute approximate surface area is 73.2 Å². The molecule has 2 nitrogen and oxygen atoms in total. The molecule has 3 heteroatoms. The van der Waals surface area contributed by atoms with E-state index in [1.165, 1.54) is 0 Å². The minimum absolute atomic E-state index is 0.0688. The van der Waals surface area contributed by atoms with Crippen LogP contribution in [0.1, 0.15) is 32.6 Å². The summed E-state index contributed by atoms with van der Waals surface area (Å²) in [5.74, 6) is 0.380. The van der Waals surface area contributed by atoms with E-state index in [2.05, 4.69) is 24.9 Å². The van der Waals surface area contributed by atoms with E-state index < -0.39 is 0 Å². The molecule has 1 fully saturated rings. The molecule has 0 radical (unpaired) electrons. The number of carbonyl (C=O) groups excluding carboxylic acids is 1. The van der Waals surface area contributed by atoms with E-state index in [9.17, 15) is 4.79 Å². The van der Waals surface area contributed by atoms with Crippen molar-refractivity contribution in [1.82, 2.24) is 5.32 Å². The smallest absolute Gasteiger partial charge is 0.230 e. The van der Waals surface area contributed by atoms with Crippen LogP contribution in [0.4, 0.5) is 0 Å². The SMILES string of the molecule is CCCC1(NC(=O)CS)CC1. The third kappa shape index (κ3) is 2.40. The van der Waals surface area contributed by atoms with Crippen LogP contribution < -0.4 is 5.32 Å². The van der Waals surface area contributed by atoms with Gasteiger partial charge in [-0.2, -0.15) is 12.6 Å². The van der Waals surface area contributed by atoms with Crippen molar-refractivity contribution in [3.05, 3.63) is 0 Å². The molecule has 0 atom stereocenters. The van der Waals surface area contributed by atoms with Gasteiger partial charge in [0.25, 0.3) is 0 Å². The van der Waals surface area contributed by atoms with E-state index in [-0.39, 0.29) is 11.4 Å². The predicted molar refractivity (Wildman–Crippen MR) is 48.9 cm³/mol. The van der Waals surface area contributed by atoms with Crippen molar-refractivity contribution in [2.45, 2.75) is 38.1 Å². The number of hydrogen-bond acceptors (Lipinski definition) is 2. The lowest BCUT2D eigenvalue weighted by Gasteiger charge is -2.15. The van der Waals surface area contributed by atoms with Gasteiger partial charge >= 0.3 is 0 Å². The first-order valence-electron chi connectivity index (χ1n) is 4.14. The standard InChI is InChI=1S/C8H15NOS/c1-2-3-8(4-5-8)9-7(10)6-11/h11H,2-6H2,1H3,(H,9,10). The molecule has 1 saturated carbocycles. The van der Waals surface area contributed by atoms with Gasteiger partial charge in [-0.05, 0) is 19.3 Å². The van der Waals surface area contributed by atoms with Gasteiger partial charge in [-0.1, -0.05) is 13.3 Å². The molecule has 0 aromatic heterocycles. The third-order valence-electron chi connectivity index (χ3n) is 2.13. The summed E-state index contributed by atoms with van der Waals surface area (Å²) in [6, 6.07) is 0. The third-order valence-corrected chi connectivity index (χ3v) is 2.42. The Morgan fingerprint density at radius 1 is 1.64 bits per heavy atom. The molecule has 0 aromatic carbocycles. The predicted octanol–water partition coefficient (Wildman–Crippen LogP) is 1.37. The lowest BCUT2D eigenvalue weighted by molar-refractivity contribution is -0.119. The van der Waals surface area contributed by atoms with E-state index in [4.69, 9.17) is 0 Å². The van der Waals surface area contributed by atoms with Crippen molar-refractivity contribution < 1.29 is 4.79 Å². The Morgan fingerprint density at radius 2 is 2.27 bits per heavy atom. The first-order chi connectivity index (χ1) is 5.22. The normalized spacial score (nSPS) is 19.5. The Morgan fingerprint density at radius 3 is 2.64 bits per heavy atom. The fraction of sp³-hybridized carbons (Fsp3) is 0.875. The molecule has 1 N–H and O–H groups in total. The molecule has 0 heterocycles. The molecule has 0 bridgehead atoms. The molecule has 1 rings (SSSR count). The minimum atomic E-state index is 0.0688. The Balaban J connectivity index is 2.29. The molecule has 0 saturated heterocycles. The van der Waals surface area contributed by atoms with Gasteiger partial charge in [0.05, 0.1) is 5.75 Å². The molecule has 1 amide bonds. The topological polar surface area (TPSA) is 29.1 Å². The summed E-state index contributed by atoms with van der Waals surface area (Å²) < 4.78 is 0. The summed E-state index contributed by atoms with van der Waals surface area (Å²) in [6.07, 6.45) is 4.57. The average Bonchev–Trinajstić information content (AvgIpc) is 2.70. The molecule has 64 valence electrons. The van der Waals surface area contributed by atoms with Crippen LogP contribution in [0, 0.1) is 0 Å². The van der Waals surface area contributed by atoms with Gasteiger partial charge < -0.3 is 5.32 Å². The maximum absolute atomic E-state index is 11.0.